The summed E-state index contributed by atoms with van der Waals surface area (Å²) in [5, 5.41) is 13.7. The van der Waals surface area contributed by atoms with Crippen LogP contribution in [0.4, 0.5) is 10.5 Å². The van der Waals surface area contributed by atoms with E-state index in [4.69, 9.17) is 9.47 Å². The molecule has 1 N–H and O–H groups in total. The van der Waals surface area contributed by atoms with Crippen molar-refractivity contribution in [3.8, 4) is 11.5 Å². The zero-order valence-electron chi connectivity index (χ0n) is 19.6. The lowest BCUT2D eigenvalue weighted by molar-refractivity contribution is -0.384. The molecule has 0 aromatic heterocycles. The molecule has 0 radical (unpaired) electrons. The van der Waals surface area contributed by atoms with Crippen LogP contribution in [0.5, 0.6) is 11.5 Å². The van der Waals surface area contributed by atoms with Crippen molar-refractivity contribution >= 4 is 55.6 Å². The molecule has 1 aliphatic rings. The third-order valence-corrected chi connectivity index (χ3v) is 6.48. The van der Waals surface area contributed by atoms with Gasteiger partial charge in [0.2, 0.25) is 0 Å². The molecule has 0 atom stereocenters. The number of rotatable bonds is 9. The van der Waals surface area contributed by atoms with Crippen LogP contribution in [0.25, 0.3) is 6.08 Å². The average molecular weight is 631 g/mol. The number of carbonyl (C=O) groups excluding carboxylic acids is 2. The van der Waals surface area contributed by atoms with Crippen LogP contribution in [0.3, 0.4) is 0 Å². The number of hydrogen-bond donors (Lipinski definition) is 1. The third kappa shape index (κ3) is 6.36. The summed E-state index contributed by atoms with van der Waals surface area (Å²) < 4.78 is 13.1. The summed E-state index contributed by atoms with van der Waals surface area (Å²) in [5.74, 6) is 0.389. The Morgan fingerprint density at radius 2 is 1.78 bits per heavy atom. The fraction of sp³-hybridized carbons (Fsp3) is 0.154. The van der Waals surface area contributed by atoms with Gasteiger partial charge < -0.3 is 14.8 Å². The maximum atomic E-state index is 12.9. The van der Waals surface area contributed by atoms with E-state index in [1.165, 1.54) is 12.1 Å². The third-order valence-electron chi connectivity index (χ3n) is 5.36. The number of benzene rings is 3. The standard InChI is InChI=1S/C26H21Br2N3O6/c1-2-36-23-13-18(11-21(28)24(23)37-15-17-4-3-5-20(10-17)31(34)35)12-22-25(32)30(26(33)29-22)14-16-6-8-19(27)9-7-16/h3-13H,2,14-15H2,1H3,(H,29,33)/b22-12+. The SMILES string of the molecule is CCOc1cc(/C=C2/NC(=O)N(Cc3ccc(Br)cc3)C2=O)cc(Br)c1OCc1cccc([N+](=O)[O-])c1. The van der Waals surface area contributed by atoms with Gasteiger partial charge in [0.1, 0.15) is 12.3 Å². The first-order valence-corrected chi connectivity index (χ1v) is 12.7. The van der Waals surface area contributed by atoms with E-state index in [2.05, 4.69) is 37.2 Å². The van der Waals surface area contributed by atoms with Gasteiger partial charge in [0.15, 0.2) is 11.5 Å². The van der Waals surface area contributed by atoms with Crippen LogP contribution >= 0.6 is 31.9 Å². The zero-order valence-corrected chi connectivity index (χ0v) is 22.7. The summed E-state index contributed by atoms with van der Waals surface area (Å²) in [4.78, 5) is 37.1. The molecule has 1 saturated heterocycles. The lowest BCUT2D eigenvalue weighted by Crippen LogP contribution is -2.30. The molecular weight excluding hydrogens is 610 g/mol. The number of ether oxygens (including phenoxy) is 2. The number of carbonyl (C=O) groups is 2. The van der Waals surface area contributed by atoms with Crippen LogP contribution in [-0.2, 0) is 17.9 Å². The van der Waals surface area contributed by atoms with Crippen LogP contribution in [-0.4, -0.2) is 28.4 Å². The van der Waals surface area contributed by atoms with Gasteiger partial charge in [0.25, 0.3) is 11.6 Å². The molecule has 4 rings (SSSR count). The van der Waals surface area contributed by atoms with E-state index >= 15 is 0 Å². The summed E-state index contributed by atoms with van der Waals surface area (Å²) in [6.07, 6.45) is 1.57. The van der Waals surface area contributed by atoms with Crippen molar-refractivity contribution in [3.05, 3.63) is 102 Å². The molecular formula is C26H21Br2N3O6. The number of halogens is 2. The van der Waals surface area contributed by atoms with Gasteiger partial charge in [-0.15, -0.1) is 0 Å². The number of nitrogens with zero attached hydrogens (tertiary/aromatic N) is 2. The molecule has 0 unspecified atom stereocenters. The number of amides is 3. The molecule has 3 aromatic rings. The van der Waals surface area contributed by atoms with Gasteiger partial charge in [0.05, 0.1) is 22.5 Å². The van der Waals surface area contributed by atoms with E-state index in [1.807, 2.05) is 31.2 Å². The van der Waals surface area contributed by atoms with E-state index in [0.717, 1.165) is 14.9 Å². The number of imide groups is 1. The number of urea groups is 1. The number of non-ortho nitro benzene ring substituents is 1. The number of hydrogen-bond acceptors (Lipinski definition) is 6. The van der Waals surface area contributed by atoms with Crippen LogP contribution in [0.15, 0.2) is 75.3 Å². The Balaban J connectivity index is 1.54. The monoisotopic (exact) mass is 629 g/mol. The topological polar surface area (TPSA) is 111 Å². The largest absolute Gasteiger partial charge is 0.490 e. The summed E-state index contributed by atoms with van der Waals surface area (Å²) in [7, 11) is 0. The number of nitrogens with one attached hydrogen (secondary N) is 1. The van der Waals surface area contributed by atoms with Crippen LogP contribution in [0.1, 0.15) is 23.6 Å². The highest BCUT2D eigenvalue weighted by Crippen LogP contribution is 2.38. The van der Waals surface area contributed by atoms with E-state index in [9.17, 15) is 19.7 Å². The molecule has 0 spiro atoms. The molecule has 0 saturated carbocycles. The van der Waals surface area contributed by atoms with Crippen molar-refractivity contribution < 1.29 is 24.0 Å². The van der Waals surface area contributed by atoms with Gasteiger partial charge in [0, 0.05) is 16.6 Å². The second-order valence-corrected chi connectivity index (χ2v) is 9.75. The van der Waals surface area contributed by atoms with Gasteiger partial charge in [-0.3, -0.25) is 19.8 Å². The summed E-state index contributed by atoms with van der Waals surface area (Å²) >= 11 is 6.86. The molecule has 9 nitrogen and oxygen atoms in total. The Morgan fingerprint density at radius 3 is 2.49 bits per heavy atom. The molecule has 0 bridgehead atoms. The van der Waals surface area contributed by atoms with Gasteiger partial charge in [-0.05, 0) is 69.9 Å². The van der Waals surface area contributed by atoms with Crippen LogP contribution in [0, 0.1) is 10.1 Å². The molecule has 37 heavy (non-hydrogen) atoms. The highest BCUT2D eigenvalue weighted by atomic mass is 79.9. The molecule has 3 aromatic carbocycles. The Morgan fingerprint density at radius 1 is 1.03 bits per heavy atom. The minimum absolute atomic E-state index is 0.0235. The van der Waals surface area contributed by atoms with Gasteiger partial charge >= 0.3 is 6.03 Å². The Kier molecular flexibility index (Phi) is 8.24. The molecule has 11 heteroatoms. The first kappa shape index (κ1) is 26.4. The van der Waals surface area contributed by atoms with Gasteiger partial charge in [-0.2, -0.15) is 0 Å². The fourth-order valence-corrected chi connectivity index (χ4v) is 4.48. The number of nitro groups is 1. The van der Waals surface area contributed by atoms with E-state index in [1.54, 1.807) is 30.3 Å². The predicted octanol–water partition coefficient (Wildman–Crippen LogP) is 6.19. The molecule has 0 aliphatic carbocycles. The zero-order chi connectivity index (χ0) is 26.5. The Hall–Kier alpha value is -3.70. The normalized spacial score (nSPS) is 14.1. The minimum Gasteiger partial charge on any atom is -0.490 e. The van der Waals surface area contributed by atoms with Crippen molar-refractivity contribution in [1.82, 2.24) is 10.2 Å². The van der Waals surface area contributed by atoms with Crippen molar-refractivity contribution in [3.63, 3.8) is 0 Å². The molecule has 1 fully saturated rings. The van der Waals surface area contributed by atoms with E-state index in [0.29, 0.717) is 33.7 Å². The van der Waals surface area contributed by atoms with Gasteiger partial charge in [-0.1, -0.05) is 40.2 Å². The average Bonchev–Trinajstić information content (AvgIpc) is 3.12. The smallest absolute Gasteiger partial charge is 0.329 e. The van der Waals surface area contributed by atoms with Crippen molar-refractivity contribution in [2.24, 2.45) is 0 Å². The predicted molar refractivity (Wildman–Crippen MR) is 144 cm³/mol. The highest BCUT2D eigenvalue weighted by molar-refractivity contribution is 9.10. The second kappa shape index (κ2) is 11.6. The van der Waals surface area contributed by atoms with E-state index < -0.39 is 16.9 Å². The van der Waals surface area contributed by atoms with Crippen molar-refractivity contribution in [2.75, 3.05) is 6.61 Å². The second-order valence-electron chi connectivity index (χ2n) is 7.98. The Labute approximate surface area is 229 Å². The Bertz CT molecular complexity index is 1390. The van der Waals surface area contributed by atoms with Crippen LogP contribution < -0.4 is 14.8 Å². The quantitative estimate of drug-likeness (QED) is 0.131. The van der Waals surface area contributed by atoms with Gasteiger partial charge in [-0.25, -0.2) is 4.79 Å². The number of nitro benzene ring substituents is 1. The van der Waals surface area contributed by atoms with Crippen molar-refractivity contribution in [1.29, 1.82) is 0 Å². The molecule has 190 valence electrons. The lowest BCUT2D eigenvalue weighted by atomic mass is 10.1. The first-order chi connectivity index (χ1) is 17.7. The lowest BCUT2D eigenvalue weighted by Gasteiger charge is -2.15. The molecule has 1 heterocycles. The maximum absolute atomic E-state index is 12.9. The highest BCUT2D eigenvalue weighted by Gasteiger charge is 2.33. The van der Waals surface area contributed by atoms with Crippen LogP contribution in [0.2, 0.25) is 0 Å². The summed E-state index contributed by atoms with van der Waals surface area (Å²) in [6, 6.07) is 16.5. The maximum Gasteiger partial charge on any atom is 0.329 e. The molecule has 3 amide bonds. The summed E-state index contributed by atoms with van der Waals surface area (Å²) in [6.45, 7) is 2.41. The van der Waals surface area contributed by atoms with Crippen molar-refractivity contribution in [2.45, 2.75) is 20.1 Å². The minimum atomic E-state index is -0.500. The fourth-order valence-electron chi connectivity index (χ4n) is 3.64. The summed E-state index contributed by atoms with van der Waals surface area (Å²) in [5.41, 5.74) is 2.16. The molecule has 1 aliphatic heterocycles. The van der Waals surface area contributed by atoms with E-state index in [-0.39, 0.29) is 24.5 Å². The first-order valence-electron chi connectivity index (χ1n) is 11.2.